The summed E-state index contributed by atoms with van der Waals surface area (Å²) in [6, 6.07) is 9.38. The van der Waals surface area contributed by atoms with Crippen LogP contribution in [0.3, 0.4) is 0 Å². The van der Waals surface area contributed by atoms with Crippen LogP contribution in [0, 0.1) is 0 Å². The van der Waals surface area contributed by atoms with Crippen LogP contribution in [0.2, 0.25) is 0 Å². The van der Waals surface area contributed by atoms with Crippen molar-refractivity contribution in [3.8, 4) is 0 Å². The number of carbonyl (C=O) groups is 5. The van der Waals surface area contributed by atoms with Crippen LogP contribution >= 0.6 is 0 Å². The molecule has 42 heavy (non-hydrogen) atoms. The van der Waals surface area contributed by atoms with Gasteiger partial charge >= 0.3 is 11.9 Å². The normalized spacial score (nSPS) is 14.0. The first-order valence-corrected chi connectivity index (χ1v) is 13.2. The third kappa shape index (κ3) is 7.12. The third-order valence-electron chi connectivity index (χ3n) is 6.87. The third-order valence-corrected chi connectivity index (χ3v) is 6.87. The number of aromatic nitrogens is 2. The molecule has 4 atom stereocenters. The second-order valence-corrected chi connectivity index (χ2v) is 10.0. The summed E-state index contributed by atoms with van der Waals surface area (Å²) in [6.45, 7) is 1.44. The Bertz CT molecular complexity index is 1620. The molecule has 0 aliphatic heterocycles. The van der Waals surface area contributed by atoms with Gasteiger partial charge in [-0.05, 0) is 30.2 Å². The number of amides is 3. The van der Waals surface area contributed by atoms with Crippen molar-refractivity contribution in [1.82, 2.24) is 25.9 Å². The van der Waals surface area contributed by atoms with Crippen LogP contribution in [-0.2, 0) is 36.8 Å². The summed E-state index contributed by atoms with van der Waals surface area (Å²) in [6.07, 6.45) is 2.42. The number of nitrogens with two attached hydrogens (primary N) is 1. The second kappa shape index (κ2) is 13.0. The van der Waals surface area contributed by atoms with Gasteiger partial charge in [0.05, 0.1) is 12.5 Å². The molecule has 0 aliphatic carbocycles. The van der Waals surface area contributed by atoms with Gasteiger partial charge in [-0.2, -0.15) is 0 Å². The maximum absolute atomic E-state index is 13.4. The Morgan fingerprint density at radius 2 is 1.17 bits per heavy atom. The van der Waals surface area contributed by atoms with Crippen molar-refractivity contribution in [2.75, 3.05) is 0 Å². The van der Waals surface area contributed by atoms with Crippen molar-refractivity contribution in [1.29, 1.82) is 0 Å². The summed E-state index contributed by atoms with van der Waals surface area (Å²) >= 11 is 0. The first-order valence-electron chi connectivity index (χ1n) is 13.2. The average Bonchev–Trinajstić information content (AvgIpc) is 3.55. The number of hydrogen-bond acceptors (Lipinski definition) is 6. The number of hydrogen-bond donors (Lipinski definition) is 8. The number of carboxylic acid groups (broad SMARTS) is 2. The molecule has 0 saturated heterocycles. The second-order valence-electron chi connectivity index (χ2n) is 10.0. The fourth-order valence-corrected chi connectivity index (χ4v) is 4.68. The van der Waals surface area contributed by atoms with Crippen molar-refractivity contribution in [3.63, 3.8) is 0 Å². The van der Waals surface area contributed by atoms with Crippen molar-refractivity contribution < 1.29 is 34.2 Å². The van der Waals surface area contributed by atoms with Crippen LogP contribution in [0.15, 0.2) is 60.9 Å². The van der Waals surface area contributed by atoms with E-state index in [9.17, 15) is 34.2 Å². The molecule has 0 radical (unpaired) electrons. The maximum atomic E-state index is 13.4. The smallest absolute Gasteiger partial charge is 0.326 e. The van der Waals surface area contributed by atoms with E-state index in [1.807, 2.05) is 36.4 Å². The van der Waals surface area contributed by atoms with E-state index >= 15 is 0 Å². The zero-order chi connectivity index (χ0) is 30.4. The minimum atomic E-state index is -1.63. The van der Waals surface area contributed by atoms with Gasteiger partial charge in [0.25, 0.3) is 0 Å². The lowest BCUT2D eigenvalue weighted by molar-refractivity contribution is -0.143. The Morgan fingerprint density at radius 1 is 0.714 bits per heavy atom. The standard InChI is InChI=1S/C29H32N6O7/c1-15(30)26(38)33-22(10-16-13-31-20-8-4-2-6-18(16)20)27(39)34-23(12-25(36)37)28(40)35-24(29(41)42)11-17-14-32-21-9-5-3-7-19(17)21/h2-9,13-15,22-24,31-32H,10-12,30H2,1H3,(H,33,38)(H,34,39)(H,35,40)(H,36,37)(H,41,42). The maximum Gasteiger partial charge on any atom is 0.326 e. The number of aliphatic carboxylic acids is 2. The highest BCUT2D eigenvalue weighted by atomic mass is 16.4. The molecule has 13 heteroatoms. The molecule has 220 valence electrons. The number of para-hydroxylation sites is 2. The summed E-state index contributed by atoms with van der Waals surface area (Å²) in [7, 11) is 0. The van der Waals surface area contributed by atoms with Gasteiger partial charge in [-0.25, -0.2) is 4.79 Å². The van der Waals surface area contributed by atoms with Gasteiger partial charge in [0.15, 0.2) is 0 Å². The van der Waals surface area contributed by atoms with E-state index < -0.39 is 60.2 Å². The quantitative estimate of drug-likeness (QED) is 0.113. The molecule has 4 rings (SSSR count). The first kappa shape index (κ1) is 29.8. The molecular weight excluding hydrogens is 544 g/mol. The molecule has 0 fully saturated rings. The molecular formula is C29H32N6O7. The molecule has 0 saturated carbocycles. The monoisotopic (exact) mass is 576 g/mol. The SMILES string of the molecule is CC(N)C(=O)NC(Cc1c[nH]c2ccccc12)C(=O)NC(CC(=O)O)C(=O)NC(Cc1c[nH]c2ccccc12)C(=O)O. The van der Waals surface area contributed by atoms with E-state index in [0.717, 1.165) is 21.8 Å². The van der Waals surface area contributed by atoms with Gasteiger partial charge in [-0.3, -0.25) is 19.2 Å². The number of rotatable bonds is 13. The highest BCUT2D eigenvalue weighted by Gasteiger charge is 2.32. The highest BCUT2D eigenvalue weighted by molar-refractivity contribution is 5.96. The fourth-order valence-electron chi connectivity index (χ4n) is 4.68. The summed E-state index contributed by atoms with van der Waals surface area (Å²) in [5.41, 5.74) is 8.61. The summed E-state index contributed by atoms with van der Waals surface area (Å²) < 4.78 is 0. The lowest BCUT2D eigenvalue weighted by atomic mass is 10.0. The van der Waals surface area contributed by atoms with Crippen LogP contribution in [0.25, 0.3) is 21.8 Å². The number of nitrogens with one attached hydrogen (secondary N) is 5. The molecule has 2 aromatic carbocycles. The van der Waals surface area contributed by atoms with Crippen molar-refractivity contribution in [2.24, 2.45) is 5.73 Å². The van der Waals surface area contributed by atoms with Crippen LogP contribution in [0.4, 0.5) is 0 Å². The van der Waals surface area contributed by atoms with Crippen LogP contribution < -0.4 is 21.7 Å². The Labute approximate surface area is 239 Å². The van der Waals surface area contributed by atoms with Gasteiger partial charge in [0.2, 0.25) is 17.7 Å². The fraction of sp³-hybridized carbons (Fsp3) is 0.276. The summed E-state index contributed by atoms with van der Waals surface area (Å²) in [5.74, 6) is -5.19. The molecule has 0 spiro atoms. The molecule has 9 N–H and O–H groups in total. The van der Waals surface area contributed by atoms with E-state index in [0.29, 0.717) is 11.1 Å². The Kier molecular flexibility index (Phi) is 9.22. The topological polar surface area (TPSA) is 219 Å². The van der Waals surface area contributed by atoms with Crippen LogP contribution in [0.1, 0.15) is 24.5 Å². The summed E-state index contributed by atoms with van der Waals surface area (Å²) in [5, 5.41) is 28.2. The van der Waals surface area contributed by atoms with E-state index in [1.165, 1.54) is 6.92 Å². The number of fused-ring (bicyclic) bond motifs is 2. The van der Waals surface area contributed by atoms with Crippen molar-refractivity contribution in [3.05, 3.63) is 72.1 Å². The van der Waals surface area contributed by atoms with E-state index in [-0.39, 0.29) is 12.8 Å². The Hall–Kier alpha value is -5.17. The van der Waals surface area contributed by atoms with Gasteiger partial charge < -0.3 is 41.9 Å². The largest absolute Gasteiger partial charge is 0.481 e. The van der Waals surface area contributed by atoms with Crippen molar-refractivity contribution >= 4 is 51.5 Å². The lowest BCUT2D eigenvalue weighted by Crippen LogP contribution is -2.58. The van der Waals surface area contributed by atoms with Gasteiger partial charge in [-0.1, -0.05) is 36.4 Å². The summed E-state index contributed by atoms with van der Waals surface area (Å²) in [4.78, 5) is 68.8. The molecule has 0 aliphatic rings. The zero-order valence-electron chi connectivity index (χ0n) is 22.7. The van der Waals surface area contributed by atoms with Crippen molar-refractivity contribution in [2.45, 2.75) is 50.4 Å². The molecule has 0 bridgehead atoms. The Balaban J connectivity index is 1.53. The number of aromatic amines is 2. The number of carboxylic acids is 2. The lowest BCUT2D eigenvalue weighted by Gasteiger charge is -2.24. The zero-order valence-corrected chi connectivity index (χ0v) is 22.7. The number of benzene rings is 2. The predicted octanol–water partition coefficient (Wildman–Crippen LogP) is 0.795. The predicted molar refractivity (Wildman–Crippen MR) is 153 cm³/mol. The highest BCUT2D eigenvalue weighted by Crippen LogP contribution is 2.20. The van der Waals surface area contributed by atoms with Gasteiger partial charge in [0, 0.05) is 47.0 Å². The van der Waals surface area contributed by atoms with Crippen LogP contribution in [-0.4, -0.2) is 74.0 Å². The minimum absolute atomic E-state index is 0.00797. The minimum Gasteiger partial charge on any atom is -0.481 e. The van der Waals surface area contributed by atoms with E-state index in [4.69, 9.17) is 5.73 Å². The van der Waals surface area contributed by atoms with E-state index in [1.54, 1.807) is 24.5 Å². The molecule has 2 heterocycles. The van der Waals surface area contributed by atoms with Crippen LogP contribution in [0.5, 0.6) is 0 Å². The molecule has 2 aromatic heterocycles. The molecule has 3 amide bonds. The van der Waals surface area contributed by atoms with E-state index in [2.05, 4.69) is 25.9 Å². The molecule has 4 unspecified atom stereocenters. The first-order chi connectivity index (χ1) is 20.0. The number of carbonyl (C=O) groups excluding carboxylic acids is 3. The van der Waals surface area contributed by atoms with Gasteiger partial charge in [0.1, 0.15) is 18.1 Å². The van der Waals surface area contributed by atoms with Gasteiger partial charge in [-0.15, -0.1) is 0 Å². The molecule has 4 aromatic rings. The number of H-pyrrole nitrogens is 2. The average molecular weight is 577 g/mol. The Morgan fingerprint density at radius 3 is 1.67 bits per heavy atom. The molecule has 13 nitrogen and oxygen atoms in total.